The summed E-state index contributed by atoms with van der Waals surface area (Å²) >= 11 is 0. The maximum absolute atomic E-state index is 9.05. The Hall–Kier alpha value is -0.120. The van der Waals surface area contributed by atoms with Crippen LogP contribution >= 0.6 is 0 Å². The molecule has 1 aliphatic rings. The molecule has 0 aromatic heterocycles. The minimum Gasteiger partial charge on any atom is -0.395 e. The monoisotopic (exact) mass is 200 g/mol. The minimum atomic E-state index is 0.257. The van der Waals surface area contributed by atoms with Crippen molar-refractivity contribution in [1.29, 1.82) is 0 Å². The third kappa shape index (κ3) is 3.56. The molecule has 0 aromatic rings. The highest BCUT2D eigenvalue weighted by Crippen LogP contribution is 2.14. The molecule has 0 aliphatic carbocycles. The molecule has 1 fully saturated rings. The van der Waals surface area contributed by atoms with Crippen molar-refractivity contribution in [2.45, 2.75) is 44.7 Å². The smallest absolute Gasteiger partial charge is 0.0584 e. The van der Waals surface area contributed by atoms with Gasteiger partial charge in [-0.15, -0.1) is 0 Å². The zero-order valence-electron chi connectivity index (χ0n) is 9.50. The van der Waals surface area contributed by atoms with Gasteiger partial charge in [0.15, 0.2) is 0 Å². The molecular formula is C11H24N2O. The van der Waals surface area contributed by atoms with Crippen molar-refractivity contribution in [2.24, 2.45) is 0 Å². The summed E-state index contributed by atoms with van der Waals surface area (Å²) in [6.07, 6.45) is 5.00. The molecule has 1 aliphatic heterocycles. The molecule has 1 rings (SSSR count). The Balaban J connectivity index is 2.21. The Morgan fingerprint density at radius 2 is 2.29 bits per heavy atom. The van der Waals surface area contributed by atoms with E-state index >= 15 is 0 Å². The molecular weight excluding hydrogens is 176 g/mol. The van der Waals surface area contributed by atoms with Gasteiger partial charge in [0.1, 0.15) is 0 Å². The van der Waals surface area contributed by atoms with E-state index in [0.29, 0.717) is 6.04 Å². The number of aliphatic hydroxyl groups excluding tert-OH is 1. The Kier molecular flexibility index (Phi) is 5.45. The van der Waals surface area contributed by atoms with Crippen LogP contribution in [-0.2, 0) is 0 Å². The summed E-state index contributed by atoms with van der Waals surface area (Å²) in [6, 6.07) is 0.953. The highest BCUT2D eigenvalue weighted by molar-refractivity contribution is 4.77. The fourth-order valence-corrected chi connectivity index (χ4v) is 2.04. The van der Waals surface area contributed by atoms with E-state index in [1.54, 1.807) is 0 Å². The molecule has 1 saturated heterocycles. The molecule has 2 atom stereocenters. The van der Waals surface area contributed by atoms with Gasteiger partial charge in [0.2, 0.25) is 0 Å². The van der Waals surface area contributed by atoms with Crippen LogP contribution in [0.3, 0.4) is 0 Å². The van der Waals surface area contributed by atoms with Gasteiger partial charge in [-0.25, -0.2) is 0 Å². The number of aliphatic hydroxyl groups is 1. The molecule has 1 heterocycles. The van der Waals surface area contributed by atoms with E-state index in [9.17, 15) is 0 Å². The zero-order chi connectivity index (χ0) is 10.4. The van der Waals surface area contributed by atoms with Crippen LogP contribution in [0.1, 0.15) is 32.6 Å². The van der Waals surface area contributed by atoms with Gasteiger partial charge in [-0.05, 0) is 32.9 Å². The van der Waals surface area contributed by atoms with Crippen LogP contribution in [0.25, 0.3) is 0 Å². The van der Waals surface area contributed by atoms with Crippen LogP contribution in [0.2, 0.25) is 0 Å². The van der Waals surface area contributed by atoms with Gasteiger partial charge in [0, 0.05) is 18.6 Å². The second kappa shape index (κ2) is 6.38. The molecule has 0 spiro atoms. The SMILES string of the molecule is CCC(CO)NCC1CCCCN1C. The fourth-order valence-electron chi connectivity index (χ4n) is 2.04. The maximum atomic E-state index is 9.05. The molecule has 14 heavy (non-hydrogen) atoms. The van der Waals surface area contributed by atoms with Crippen molar-refractivity contribution >= 4 is 0 Å². The first-order chi connectivity index (χ1) is 6.77. The van der Waals surface area contributed by atoms with E-state index in [1.807, 2.05) is 0 Å². The zero-order valence-corrected chi connectivity index (χ0v) is 9.50. The highest BCUT2D eigenvalue weighted by atomic mass is 16.3. The van der Waals surface area contributed by atoms with Crippen LogP contribution in [0.4, 0.5) is 0 Å². The number of hydrogen-bond donors (Lipinski definition) is 2. The molecule has 0 bridgehead atoms. The number of likely N-dealkylation sites (N-methyl/N-ethyl adjacent to an activating group) is 1. The topological polar surface area (TPSA) is 35.5 Å². The van der Waals surface area contributed by atoms with Crippen molar-refractivity contribution in [3.8, 4) is 0 Å². The van der Waals surface area contributed by atoms with E-state index in [1.165, 1.54) is 25.8 Å². The summed E-state index contributed by atoms with van der Waals surface area (Å²) in [7, 11) is 2.20. The van der Waals surface area contributed by atoms with Crippen LogP contribution < -0.4 is 5.32 Å². The molecule has 84 valence electrons. The third-order valence-corrected chi connectivity index (χ3v) is 3.28. The van der Waals surface area contributed by atoms with Crippen LogP contribution in [0, 0.1) is 0 Å². The lowest BCUT2D eigenvalue weighted by Crippen LogP contribution is -2.46. The van der Waals surface area contributed by atoms with Gasteiger partial charge in [0.25, 0.3) is 0 Å². The molecule has 2 N–H and O–H groups in total. The summed E-state index contributed by atoms with van der Waals surface area (Å²) in [5, 5.41) is 12.5. The van der Waals surface area contributed by atoms with Crippen molar-refractivity contribution < 1.29 is 5.11 Å². The van der Waals surface area contributed by atoms with Gasteiger partial charge in [0.05, 0.1) is 6.61 Å². The van der Waals surface area contributed by atoms with E-state index in [-0.39, 0.29) is 12.6 Å². The first kappa shape index (κ1) is 12.0. The Morgan fingerprint density at radius 1 is 1.50 bits per heavy atom. The molecule has 0 radical (unpaired) electrons. The van der Waals surface area contributed by atoms with E-state index < -0.39 is 0 Å². The second-order valence-electron chi connectivity index (χ2n) is 4.33. The number of likely N-dealkylation sites (tertiary alicyclic amines) is 1. The predicted octanol–water partition coefficient (Wildman–Crippen LogP) is 0.831. The molecule has 3 heteroatoms. The van der Waals surface area contributed by atoms with Gasteiger partial charge in [-0.2, -0.15) is 0 Å². The minimum absolute atomic E-state index is 0.257. The Morgan fingerprint density at radius 3 is 2.86 bits per heavy atom. The maximum Gasteiger partial charge on any atom is 0.0584 e. The van der Waals surface area contributed by atoms with E-state index in [2.05, 4.69) is 24.2 Å². The van der Waals surface area contributed by atoms with Crippen molar-refractivity contribution in [1.82, 2.24) is 10.2 Å². The first-order valence-electron chi connectivity index (χ1n) is 5.82. The highest BCUT2D eigenvalue weighted by Gasteiger charge is 2.19. The lowest BCUT2D eigenvalue weighted by atomic mass is 10.0. The molecule has 2 unspecified atom stereocenters. The van der Waals surface area contributed by atoms with Crippen molar-refractivity contribution in [3.05, 3.63) is 0 Å². The number of nitrogens with zero attached hydrogens (tertiary/aromatic N) is 1. The summed E-state index contributed by atoms with van der Waals surface area (Å²) in [4.78, 5) is 2.43. The fraction of sp³-hybridized carbons (Fsp3) is 1.00. The predicted molar refractivity (Wildman–Crippen MR) is 59.4 cm³/mol. The standard InChI is InChI=1S/C11H24N2O/c1-3-10(9-14)12-8-11-6-4-5-7-13(11)2/h10-12,14H,3-9H2,1-2H3. The van der Waals surface area contributed by atoms with Gasteiger partial charge >= 0.3 is 0 Å². The molecule has 3 nitrogen and oxygen atoms in total. The van der Waals surface area contributed by atoms with Gasteiger partial charge < -0.3 is 15.3 Å². The van der Waals surface area contributed by atoms with Gasteiger partial charge in [-0.1, -0.05) is 13.3 Å². The molecule has 0 saturated carbocycles. The first-order valence-corrected chi connectivity index (χ1v) is 5.82. The van der Waals surface area contributed by atoms with Crippen molar-refractivity contribution in [3.63, 3.8) is 0 Å². The number of rotatable bonds is 5. The summed E-state index contributed by atoms with van der Waals surface area (Å²) in [5.74, 6) is 0. The molecule has 0 aromatic carbocycles. The molecule has 0 amide bonds. The van der Waals surface area contributed by atoms with Crippen molar-refractivity contribution in [2.75, 3.05) is 26.7 Å². The number of nitrogens with one attached hydrogen (secondary N) is 1. The Bertz CT molecular complexity index is 148. The lowest BCUT2D eigenvalue weighted by Gasteiger charge is -2.33. The van der Waals surface area contributed by atoms with Crippen LogP contribution in [-0.4, -0.2) is 48.8 Å². The van der Waals surface area contributed by atoms with E-state index in [0.717, 1.165) is 13.0 Å². The summed E-state index contributed by atoms with van der Waals surface area (Å²) < 4.78 is 0. The number of hydrogen-bond acceptors (Lipinski definition) is 3. The third-order valence-electron chi connectivity index (χ3n) is 3.28. The van der Waals surface area contributed by atoms with Gasteiger partial charge in [-0.3, -0.25) is 0 Å². The average molecular weight is 200 g/mol. The summed E-state index contributed by atoms with van der Waals surface area (Å²) in [6.45, 7) is 4.61. The average Bonchev–Trinajstić information content (AvgIpc) is 2.22. The van der Waals surface area contributed by atoms with Crippen LogP contribution in [0.15, 0.2) is 0 Å². The normalized spacial score (nSPS) is 26.4. The largest absolute Gasteiger partial charge is 0.395 e. The van der Waals surface area contributed by atoms with Crippen LogP contribution in [0.5, 0.6) is 0 Å². The lowest BCUT2D eigenvalue weighted by molar-refractivity contribution is 0.166. The Labute approximate surface area is 87.5 Å². The van der Waals surface area contributed by atoms with E-state index in [4.69, 9.17) is 5.11 Å². The summed E-state index contributed by atoms with van der Waals surface area (Å²) in [5.41, 5.74) is 0. The second-order valence-corrected chi connectivity index (χ2v) is 4.33. The quantitative estimate of drug-likeness (QED) is 0.690. The number of piperidine rings is 1.